The van der Waals surface area contributed by atoms with E-state index in [-0.39, 0.29) is 28.5 Å². The first kappa shape index (κ1) is 17.0. The summed E-state index contributed by atoms with van der Waals surface area (Å²) in [5.41, 5.74) is 1.51. The molecule has 126 valence electrons. The van der Waals surface area contributed by atoms with Crippen molar-refractivity contribution in [2.45, 2.75) is 19.0 Å². The standard InChI is InChI=1S/C17H13Cl2F2NO2/c18-10-3-1-9(2-4-10)12-8-13(12)16(23)22-11-5-6-15(14(19)7-11)24-17(20)21/h1-7,12-13,17H,8H2,(H,22,23)/t12-,13-/m1/s1. The molecule has 7 heteroatoms. The molecular weight excluding hydrogens is 359 g/mol. The zero-order valence-electron chi connectivity index (χ0n) is 12.3. The molecule has 0 unspecified atom stereocenters. The second kappa shape index (κ2) is 6.95. The normalized spacial score (nSPS) is 19.2. The van der Waals surface area contributed by atoms with Crippen LogP contribution in [0.5, 0.6) is 5.75 Å². The van der Waals surface area contributed by atoms with Crippen molar-refractivity contribution in [2.24, 2.45) is 5.92 Å². The number of rotatable bonds is 5. The second-order valence-corrected chi connectivity index (χ2v) is 6.36. The molecular formula is C17H13Cl2F2NO2. The second-order valence-electron chi connectivity index (χ2n) is 5.51. The van der Waals surface area contributed by atoms with Crippen LogP contribution < -0.4 is 10.1 Å². The molecule has 0 saturated heterocycles. The molecule has 1 N–H and O–H groups in total. The summed E-state index contributed by atoms with van der Waals surface area (Å²) in [6.07, 6.45) is 0.758. The van der Waals surface area contributed by atoms with Gasteiger partial charge in [-0.1, -0.05) is 35.3 Å². The number of nitrogens with one attached hydrogen (secondary N) is 1. The van der Waals surface area contributed by atoms with E-state index in [1.807, 2.05) is 12.1 Å². The van der Waals surface area contributed by atoms with Gasteiger partial charge in [-0.2, -0.15) is 8.78 Å². The topological polar surface area (TPSA) is 38.3 Å². The third kappa shape index (κ3) is 3.97. The van der Waals surface area contributed by atoms with Crippen molar-refractivity contribution in [3.63, 3.8) is 0 Å². The maximum Gasteiger partial charge on any atom is 0.387 e. The van der Waals surface area contributed by atoms with E-state index < -0.39 is 6.61 Å². The lowest BCUT2D eigenvalue weighted by Gasteiger charge is -2.09. The molecule has 24 heavy (non-hydrogen) atoms. The van der Waals surface area contributed by atoms with Crippen molar-refractivity contribution >= 4 is 34.8 Å². The van der Waals surface area contributed by atoms with Crippen LogP contribution >= 0.6 is 23.2 Å². The van der Waals surface area contributed by atoms with Crippen LogP contribution in [-0.4, -0.2) is 12.5 Å². The van der Waals surface area contributed by atoms with Crippen LogP contribution in [0, 0.1) is 5.92 Å². The van der Waals surface area contributed by atoms with Crippen LogP contribution in [0.25, 0.3) is 0 Å². The number of benzene rings is 2. The predicted octanol–water partition coefficient (Wildman–Crippen LogP) is 5.34. The largest absolute Gasteiger partial charge is 0.433 e. The van der Waals surface area contributed by atoms with Crippen LogP contribution in [0.2, 0.25) is 10.0 Å². The Bertz CT molecular complexity index is 753. The van der Waals surface area contributed by atoms with Gasteiger partial charge >= 0.3 is 6.61 Å². The lowest BCUT2D eigenvalue weighted by Crippen LogP contribution is -2.14. The molecule has 0 aliphatic heterocycles. The fraction of sp³-hybridized carbons (Fsp3) is 0.235. The molecule has 3 rings (SSSR count). The molecule has 1 amide bonds. The van der Waals surface area contributed by atoms with Crippen molar-refractivity contribution in [2.75, 3.05) is 5.32 Å². The number of hydrogen-bond acceptors (Lipinski definition) is 2. The SMILES string of the molecule is O=C(Nc1ccc(OC(F)F)c(Cl)c1)[C@@H]1C[C@@H]1c1ccc(Cl)cc1. The molecule has 2 atom stereocenters. The van der Waals surface area contributed by atoms with Crippen LogP contribution in [0.3, 0.4) is 0 Å². The molecule has 2 aromatic rings. The summed E-state index contributed by atoms with van der Waals surface area (Å²) >= 11 is 11.7. The smallest absolute Gasteiger partial charge is 0.387 e. The van der Waals surface area contributed by atoms with Gasteiger partial charge in [-0.3, -0.25) is 4.79 Å². The van der Waals surface area contributed by atoms with Gasteiger partial charge in [0.15, 0.2) is 0 Å². The van der Waals surface area contributed by atoms with Crippen LogP contribution in [0.15, 0.2) is 42.5 Å². The summed E-state index contributed by atoms with van der Waals surface area (Å²) in [4.78, 5) is 12.3. The average molecular weight is 372 g/mol. The minimum Gasteiger partial charge on any atom is -0.433 e. The Labute approximate surface area is 147 Å². The highest BCUT2D eigenvalue weighted by atomic mass is 35.5. The lowest BCUT2D eigenvalue weighted by molar-refractivity contribution is -0.117. The van der Waals surface area contributed by atoms with Crippen molar-refractivity contribution in [1.29, 1.82) is 0 Å². The molecule has 0 radical (unpaired) electrons. The Hall–Kier alpha value is -1.85. The highest BCUT2D eigenvalue weighted by Gasteiger charge is 2.43. The number of amides is 1. The monoisotopic (exact) mass is 371 g/mol. The Kier molecular flexibility index (Phi) is 4.92. The first-order valence-electron chi connectivity index (χ1n) is 7.24. The van der Waals surface area contributed by atoms with Gasteiger partial charge in [-0.25, -0.2) is 0 Å². The predicted molar refractivity (Wildman–Crippen MR) is 89.0 cm³/mol. The van der Waals surface area contributed by atoms with E-state index in [1.54, 1.807) is 12.1 Å². The maximum atomic E-state index is 12.3. The van der Waals surface area contributed by atoms with E-state index in [2.05, 4.69) is 10.1 Å². The van der Waals surface area contributed by atoms with Gasteiger partial charge in [0.25, 0.3) is 0 Å². The van der Waals surface area contributed by atoms with Gasteiger partial charge in [0.05, 0.1) is 5.02 Å². The highest BCUT2D eigenvalue weighted by Crippen LogP contribution is 2.48. The van der Waals surface area contributed by atoms with Gasteiger partial charge in [0.2, 0.25) is 5.91 Å². The molecule has 3 nitrogen and oxygen atoms in total. The Morgan fingerprint density at radius 1 is 1.17 bits per heavy atom. The number of ether oxygens (including phenoxy) is 1. The van der Waals surface area contributed by atoms with E-state index in [9.17, 15) is 13.6 Å². The van der Waals surface area contributed by atoms with Gasteiger partial charge in [0, 0.05) is 16.6 Å². The van der Waals surface area contributed by atoms with Crippen molar-refractivity contribution in [1.82, 2.24) is 0 Å². The number of carbonyl (C=O) groups excluding carboxylic acids is 1. The first-order valence-corrected chi connectivity index (χ1v) is 8.00. The summed E-state index contributed by atoms with van der Waals surface area (Å²) in [5.74, 6) is -0.218. The molecule has 1 aliphatic carbocycles. The molecule has 0 heterocycles. The molecule has 1 saturated carbocycles. The summed E-state index contributed by atoms with van der Waals surface area (Å²) in [6.45, 7) is -2.95. The molecule has 2 aromatic carbocycles. The Balaban J connectivity index is 1.62. The fourth-order valence-electron chi connectivity index (χ4n) is 2.57. The van der Waals surface area contributed by atoms with E-state index in [4.69, 9.17) is 23.2 Å². The summed E-state index contributed by atoms with van der Waals surface area (Å²) in [5, 5.41) is 3.41. The van der Waals surface area contributed by atoms with Crippen molar-refractivity contribution < 1.29 is 18.3 Å². The molecule has 0 aromatic heterocycles. The molecule has 0 bridgehead atoms. The van der Waals surface area contributed by atoms with Crippen LogP contribution in [0.1, 0.15) is 17.9 Å². The number of halogens is 4. The van der Waals surface area contributed by atoms with Gasteiger partial charge in [0.1, 0.15) is 5.75 Å². The van der Waals surface area contributed by atoms with Gasteiger partial charge < -0.3 is 10.1 Å². The summed E-state index contributed by atoms with van der Waals surface area (Å²) in [7, 11) is 0. The molecule has 0 spiro atoms. The van der Waals surface area contributed by atoms with E-state index in [1.165, 1.54) is 18.2 Å². The van der Waals surface area contributed by atoms with E-state index >= 15 is 0 Å². The number of hydrogen-bond donors (Lipinski definition) is 1. The summed E-state index contributed by atoms with van der Waals surface area (Å²) in [6, 6.07) is 11.6. The minimum absolute atomic E-state index is 0.0122. The summed E-state index contributed by atoms with van der Waals surface area (Å²) < 4.78 is 28.7. The first-order chi connectivity index (χ1) is 11.4. The lowest BCUT2D eigenvalue weighted by atomic mass is 10.1. The van der Waals surface area contributed by atoms with Crippen LogP contribution in [0.4, 0.5) is 14.5 Å². The maximum absolute atomic E-state index is 12.3. The van der Waals surface area contributed by atoms with Crippen LogP contribution in [-0.2, 0) is 4.79 Å². The van der Waals surface area contributed by atoms with Crippen molar-refractivity contribution in [3.05, 3.63) is 58.1 Å². The van der Waals surface area contributed by atoms with E-state index in [0.717, 1.165) is 12.0 Å². The molecule has 1 aliphatic rings. The minimum atomic E-state index is -2.95. The van der Waals surface area contributed by atoms with E-state index in [0.29, 0.717) is 10.7 Å². The quantitative estimate of drug-likeness (QED) is 0.770. The fourth-order valence-corrected chi connectivity index (χ4v) is 2.92. The number of carbonyl (C=O) groups is 1. The third-order valence-electron chi connectivity index (χ3n) is 3.84. The Morgan fingerprint density at radius 3 is 2.50 bits per heavy atom. The van der Waals surface area contributed by atoms with Gasteiger partial charge in [-0.05, 0) is 48.2 Å². The zero-order valence-corrected chi connectivity index (χ0v) is 13.8. The average Bonchev–Trinajstić information content (AvgIpc) is 3.31. The number of anilines is 1. The van der Waals surface area contributed by atoms with Gasteiger partial charge in [-0.15, -0.1) is 0 Å². The highest BCUT2D eigenvalue weighted by molar-refractivity contribution is 6.32. The Morgan fingerprint density at radius 2 is 1.88 bits per heavy atom. The molecule has 1 fully saturated rings. The third-order valence-corrected chi connectivity index (χ3v) is 4.39. The number of alkyl halides is 2. The van der Waals surface area contributed by atoms with Crippen molar-refractivity contribution in [3.8, 4) is 5.75 Å². The zero-order chi connectivity index (χ0) is 17.3.